The number of piperidine rings is 1. The Morgan fingerprint density at radius 3 is 2.37 bits per heavy atom. The van der Waals surface area contributed by atoms with Gasteiger partial charge in [-0.3, -0.25) is 4.79 Å². The molecule has 7 heteroatoms. The van der Waals surface area contributed by atoms with Gasteiger partial charge in [-0.25, -0.2) is 9.37 Å². The van der Waals surface area contributed by atoms with E-state index in [1.165, 1.54) is 12.1 Å². The van der Waals surface area contributed by atoms with Crippen molar-refractivity contribution in [3.8, 4) is 5.75 Å². The Morgan fingerprint density at radius 2 is 1.73 bits per heavy atom. The maximum absolute atomic E-state index is 13.5. The number of piperazine rings is 1. The van der Waals surface area contributed by atoms with Crippen molar-refractivity contribution in [3.05, 3.63) is 47.9 Å². The summed E-state index contributed by atoms with van der Waals surface area (Å²) >= 11 is 0. The molecule has 4 rings (SSSR count). The fraction of sp³-hybridized carbons (Fsp3) is 0.478. The highest BCUT2D eigenvalue weighted by atomic mass is 19.1. The fourth-order valence-electron chi connectivity index (χ4n) is 4.18. The summed E-state index contributed by atoms with van der Waals surface area (Å²) in [5, 5.41) is 0. The molecule has 2 aliphatic heterocycles. The van der Waals surface area contributed by atoms with Gasteiger partial charge in [-0.15, -0.1) is 0 Å². The Balaban J connectivity index is 1.37. The molecule has 0 atom stereocenters. The largest absolute Gasteiger partial charge is 0.494 e. The molecular formula is C23H29FN4O2. The highest BCUT2D eigenvalue weighted by Crippen LogP contribution is 2.30. The second kappa shape index (κ2) is 8.90. The maximum atomic E-state index is 13.5. The van der Waals surface area contributed by atoms with Crippen LogP contribution in [0.3, 0.4) is 0 Å². The summed E-state index contributed by atoms with van der Waals surface area (Å²) in [6.07, 6.45) is 3.84. The van der Waals surface area contributed by atoms with Gasteiger partial charge >= 0.3 is 0 Å². The van der Waals surface area contributed by atoms with E-state index >= 15 is 0 Å². The molecule has 160 valence electrons. The monoisotopic (exact) mass is 412 g/mol. The summed E-state index contributed by atoms with van der Waals surface area (Å²) in [5.41, 5.74) is 1.56. The zero-order valence-corrected chi connectivity index (χ0v) is 17.7. The number of likely N-dealkylation sites (tertiary alicyclic amines) is 1. The average molecular weight is 413 g/mol. The number of hydrogen-bond donors (Lipinski definition) is 0. The molecule has 0 radical (unpaired) electrons. The number of carbonyl (C=O) groups is 1. The van der Waals surface area contributed by atoms with Crippen molar-refractivity contribution in [2.75, 3.05) is 56.2 Å². The molecule has 0 N–H and O–H groups in total. The molecule has 2 saturated heterocycles. The van der Waals surface area contributed by atoms with E-state index in [1.54, 1.807) is 19.4 Å². The number of ether oxygens (including phenoxy) is 1. The van der Waals surface area contributed by atoms with Gasteiger partial charge in [0.2, 0.25) is 0 Å². The lowest BCUT2D eigenvalue weighted by molar-refractivity contribution is 0.0697. The molecule has 0 unspecified atom stereocenters. The minimum atomic E-state index is -0.299. The third-order valence-electron chi connectivity index (χ3n) is 6.15. The van der Waals surface area contributed by atoms with E-state index in [1.807, 2.05) is 17.0 Å². The number of rotatable bonds is 4. The SMILES string of the molecule is COc1cc(F)ccc1N1CCN(c2ccc(C(=O)N3CCC(C)CC3)cn2)CC1. The Labute approximate surface area is 177 Å². The zero-order valence-electron chi connectivity index (χ0n) is 17.7. The van der Waals surface area contributed by atoms with Crippen molar-refractivity contribution in [2.24, 2.45) is 5.92 Å². The summed E-state index contributed by atoms with van der Waals surface area (Å²) in [7, 11) is 1.56. The standard InChI is InChI=1S/C23H29FN4O2/c1-17-7-9-28(10-8-17)23(29)18-3-6-22(25-16-18)27-13-11-26(12-14-27)20-5-4-19(24)15-21(20)30-2/h3-6,15-17H,7-14H2,1-2H3. The fourth-order valence-corrected chi connectivity index (χ4v) is 4.18. The second-order valence-corrected chi connectivity index (χ2v) is 8.17. The quantitative estimate of drug-likeness (QED) is 0.770. The number of halogens is 1. The third-order valence-corrected chi connectivity index (χ3v) is 6.15. The molecule has 0 bridgehead atoms. The molecule has 2 aromatic rings. The van der Waals surface area contributed by atoms with Gasteiger partial charge < -0.3 is 19.4 Å². The van der Waals surface area contributed by atoms with E-state index in [9.17, 15) is 9.18 Å². The van der Waals surface area contributed by atoms with Crippen molar-refractivity contribution in [1.82, 2.24) is 9.88 Å². The lowest BCUT2D eigenvalue weighted by Crippen LogP contribution is -2.47. The normalized spacial score (nSPS) is 17.9. The van der Waals surface area contributed by atoms with Gasteiger partial charge in [0.05, 0.1) is 18.4 Å². The Hall–Kier alpha value is -2.83. The van der Waals surface area contributed by atoms with Gasteiger partial charge in [0.15, 0.2) is 0 Å². The minimum absolute atomic E-state index is 0.0779. The third kappa shape index (κ3) is 4.35. The smallest absolute Gasteiger partial charge is 0.255 e. The lowest BCUT2D eigenvalue weighted by Gasteiger charge is -2.37. The number of anilines is 2. The molecule has 0 saturated carbocycles. The van der Waals surface area contributed by atoms with Crippen LogP contribution in [0.15, 0.2) is 36.5 Å². The van der Waals surface area contributed by atoms with Crippen LogP contribution in [0.2, 0.25) is 0 Å². The topological polar surface area (TPSA) is 48.9 Å². The van der Waals surface area contributed by atoms with Crippen LogP contribution in [-0.2, 0) is 0 Å². The van der Waals surface area contributed by atoms with Crippen LogP contribution in [0.1, 0.15) is 30.1 Å². The first-order valence-electron chi connectivity index (χ1n) is 10.6. The summed E-state index contributed by atoms with van der Waals surface area (Å²) < 4.78 is 18.8. The number of amides is 1. The van der Waals surface area contributed by atoms with Crippen molar-refractivity contribution in [2.45, 2.75) is 19.8 Å². The molecule has 2 aliphatic rings. The molecule has 0 spiro atoms. The number of pyridine rings is 1. The van der Waals surface area contributed by atoms with Crippen LogP contribution in [-0.4, -0.2) is 62.2 Å². The predicted octanol–water partition coefficient (Wildman–Crippen LogP) is 3.43. The molecule has 30 heavy (non-hydrogen) atoms. The van der Waals surface area contributed by atoms with Crippen molar-refractivity contribution >= 4 is 17.4 Å². The first-order chi connectivity index (χ1) is 14.5. The average Bonchev–Trinajstić information content (AvgIpc) is 2.79. The predicted molar refractivity (Wildman–Crippen MR) is 116 cm³/mol. The summed E-state index contributed by atoms with van der Waals surface area (Å²) in [6, 6.07) is 8.47. The van der Waals surface area contributed by atoms with Crippen molar-refractivity contribution in [1.29, 1.82) is 0 Å². The van der Waals surface area contributed by atoms with Crippen LogP contribution < -0.4 is 14.5 Å². The van der Waals surface area contributed by atoms with Crippen LogP contribution >= 0.6 is 0 Å². The minimum Gasteiger partial charge on any atom is -0.494 e. The Kier molecular flexibility index (Phi) is 6.06. The van der Waals surface area contributed by atoms with E-state index in [0.717, 1.165) is 63.6 Å². The summed E-state index contributed by atoms with van der Waals surface area (Å²) in [4.78, 5) is 23.6. The van der Waals surface area contributed by atoms with Crippen LogP contribution in [0, 0.1) is 11.7 Å². The molecular weight excluding hydrogens is 383 g/mol. The van der Waals surface area contributed by atoms with Gasteiger partial charge in [-0.1, -0.05) is 6.92 Å². The van der Waals surface area contributed by atoms with Crippen LogP contribution in [0.4, 0.5) is 15.9 Å². The van der Waals surface area contributed by atoms with Gasteiger partial charge in [0, 0.05) is 51.5 Å². The van der Waals surface area contributed by atoms with Gasteiger partial charge in [-0.2, -0.15) is 0 Å². The Bertz CT molecular complexity index is 873. The van der Waals surface area contributed by atoms with Crippen LogP contribution in [0.25, 0.3) is 0 Å². The summed E-state index contributed by atoms with van der Waals surface area (Å²) in [6.45, 7) is 7.07. The highest BCUT2D eigenvalue weighted by molar-refractivity contribution is 5.94. The second-order valence-electron chi connectivity index (χ2n) is 8.17. The van der Waals surface area contributed by atoms with E-state index in [2.05, 4.69) is 21.7 Å². The van der Waals surface area contributed by atoms with E-state index < -0.39 is 0 Å². The number of carbonyl (C=O) groups excluding carboxylic acids is 1. The van der Waals surface area contributed by atoms with Crippen molar-refractivity contribution in [3.63, 3.8) is 0 Å². The van der Waals surface area contributed by atoms with E-state index in [-0.39, 0.29) is 11.7 Å². The number of nitrogens with zero attached hydrogens (tertiary/aromatic N) is 4. The van der Waals surface area contributed by atoms with Gasteiger partial charge in [-0.05, 0) is 43.0 Å². The molecule has 1 amide bonds. The highest BCUT2D eigenvalue weighted by Gasteiger charge is 2.23. The number of methoxy groups -OCH3 is 1. The first-order valence-corrected chi connectivity index (χ1v) is 10.6. The number of benzene rings is 1. The zero-order chi connectivity index (χ0) is 21.1. The molecule has 0 aliphatic carbocycles. The number of hydrogen-bond acceptors (Lipinski definition) is 5. The molecule has 1 aromatic carbocycles. The molecule has 2 fully saturated rings. The molecule has 6 nitrogen and oxygen atoms in total. The van der Waals surface area contributed by atoms with E-state index in [0.29, 0.717) is 17.2 Å². The maximum Gasteiger partial charge on any atom is 0.255 e. The number of aromatic nitrogens is 1. The van der Waals surface area contributed by atoms with E-state index in [4.69, 9.17) is 4.74 Å². The molecule has 3 heterocycles. The van der Waals surface area contributed by atoms with Crippen LogP contribution in [0.5, 0.6) is 5.75 Å². The Morgan fingerprint density at radius 1 is 1.03 bits per heavy atom. The first kappa shape index (κ1) is 20.4. The molecule has 1 aromatic heterocycles. The summed E-state index contributed by atoms with van der Waals surface area (Å²) in [5.74, 6) is 1.91. The van der Waals surface area contributed by atoms with Gasteiger partial charge in [0.25, 0.3) is 5.91 Å². The lowest BCUT2D eigenvalue weighted by atomic mass is 9.99. The van der Waals surface area contributed by atoms with Gasteiger partial charge in [0.1, 0.15) is 17.4 Å². The van der Waals surface area contributed by atoms with Crippen molar-refractivity contribution < 1.29 is 13.9 Å².